The van der Waals surface area contributed by atoms with E-state index >= 15 is 0 Å². The fourth-order valence-corrected chi connectivity index (χ4v) is 4.16. The van der Waals surface area contributed by atoms with Gasteiger partial charge in [0, 0.05) is 32.2 Å². The number of rotatable bonds is 4. The Morgan fingerprint density at radius 2 is 1.82 bits per heavy atom. The highest BCUT2D eigenvalue weighted by atomic mass is 35.5. The maximum Gasteiger partial charge on any atom is 0.235 e. The highest BCUT2D eigenvalue weighted by Gasteiger charge is 2.55. The average molecular weight is 398 g/mol. The largest absolute Gasteiger partial charge is 0.461 e. The zero-order chi connectivity index (χ0) is 19.1. The number of nitrogens with zero attached hydrogens (tertiary/aromatic N) is 3. The molecule has 2 aromatic heterocycles. The molecule has 0 N–H and O–H groups in total. The van der Waals surface area contributed by atoms with E-state index in [9.17, 15) is 4.79 Å². The monoisotopic (exact) mass is 397 g/mol. The van der Waals surface area contributed by atoms with Crippen LogP contribution >= 0.6 is 11.6 Å². The molecule has 0 bridgehead atoms. The summed E-state index contributed by atoms with van der Waals surface area (Å²) in [5.41, 5.74) is 1.19. The minimum absolute atomic E-state index is 0.144. The summed E-state index contributed by atoms with van der Waals surface area (Å²) in [6.45, 7) is 2.88. The highest BCUT2D eigenvalue weighted by molar-refractivity contribution is 6.33. The average Bonchev–Trinajstić information content (AvgIpc) is 3.13. The highest BCUT2D eigenvalue weighted by Crippen LogP contribution is 2.50. The summed E-state index contributed by atoms with van der Waals surface area (Å²) in [6.07, 6.45) is 3.20. The molecule has 5 rings (SSSR count). The van der Waals surface area contributed by atoms with Crippen molar-refractivity contribution in [1.29, 1.82) is 0 Å². The lowest BCUT2D eigenvalue weighted by atomic mass is 9.99. The molecule has 144 valence electrons. The van der Waals surface area contributed by atoms with Gasteiger partial charge in [0.1, 0.15) is 0 Å². The van der Waals surface area contributed by atoms with Gasteiger partial charge in [0.25, 0.3) is 0 Å². The summed E-state index contributed by atoms with van der Waals surface area (Å²) in [4.78, 5) is 17.4. The number of hydrogen-bond donors (Lipinski definition) is 0. The maximum absolute atomic E-state index is 13.3. The first kappa shape index (κ1) is 17.4. The van der Waals surface area contributed by atoms with Crippen LogP contribution in [0.4, 0.5) is 5.69 Å². The Morgan fingerprint density at radius 1 is 1.04 bits per heavy atom. The Labute approximate surface area is 167 Å². The zero-order valence-corrected chi connectivity index (χ0v) is 16.1. The van der Waals surface area contributed by atoms with Crippen LogP contribution < -0.4 is 4.90 Å². The van der Waals surface area contributed by atoms with Crippen molar-refractivity contribution in [2.24, 2.45) is 0 Å². The molecule has 2 aliphatic rings. The molecule has 0 unspecified atom stereocenters. The van der Waals surface area contributed by atoms with Gasteiger partial charge in [-0.25, -0.2) is 0 Å². The molecule has 7 heteroatoms. The summed E-state index contributed by atoms with van der Waals surface area (Å²) in [5, 5.41) is 4.93. The SMILES string of the molecule is O=C(N1CCN(c2ccccc2Cl)CC1)C1(c2cc(-c3ccco3)on2)CC1. The number of carbonyl (C=O) groups excluding carboxylic acids is 1. The molecule has 6 nitrogen and oxygen atoms in total. The van der Waals surface area contributed by atoms with Crippen molar-refractivity contribution in [1.82, 2.24) is 10.1 Å². The van der Waals surface area contributed by atoms with Crippen LogP contribution in [0.15, 0.2) is 57.7 Å². The molecule has 1 amide bonds. The van der Waals surface area contributed by atoms with E-state index < -0.39 is 5.41 Å². The van der Waals surface area contributed by atoms with Crippen molar-refractivity contribution >= 4 is 23.2 Å². The Balaban J connectivity index is 1.29. The second-order valence-electron chi connectivity index (χ2n) is 7.37. The van der Waals surface area contributed by atoms with E-state index in [1.54, 1.807) is 12.3 Å². The number of benzene rings is 1. The first-order chi connectivity index (χ1) is 13.7. The molecule has 0 radical (unpaired) electrons. The molecule has 1 aliphatic carbocycles. The number of halogens is 1. The quantitative estimate of drug-likeness (QED) is 0.666. The van der Waals surface area contributed by atoms with Crippen molar-refractivity contribution < 1.29 is 13.7 Å². The fourth-order valence-electron chi connectivity index (χ4n) is 3.90. The predicted molar refractivity (Wildman–Crippen MR) is 105 cm³/mol. The maximum atomic E-state index is 13.3. The van der Waals surface area contributed by atoms with Gasteiger partial charge in [-0.1, -0.05) is 28.9 Å². The van der Waals surface area contributed by atoms with Crippen molar-refractivity contribution in [3.05, 3.63) is 59.4 Å². The molecule has 1 saturated heterocycles. The molecule has 3 aromatic rings. The number of anilines is 1. The van der Waals surface area contributed by atoms with Crippen LogP contribution in [0, 0.1) is 0 Å². The Bertz CT molecular complexity index is 986. The molecule has 1 saturated carbocycles. The van der Waals surface area contributed by atoms with Gasteiger partial charge in [0.2, 0.25) is 11.7 Å². The van der Waals surface area contributed by atoms with Crippen LogP contribution in [0.1, 0.15) is 18.5 Å². The zero-order valence-electron chi connectivity index (χ0n) is 15.3. The molecule has 0 spiro atoms. The topological polar surface area (TPSA) is 62.7 Å². The normalized spacial score (nSPS) is 18.3. The van der Waals surface area contributed by atoms with Crippen molar-refractivity contribution in [2.75, 3.05) is 31.1 Å². The van der Waals surface area contributed by atoms with E-state index in [-0.39, 0.29) is 5.91 Å². The third-order valence-corrected chi connectivity index (χ3v) is 6.00. The molecular weight excluding hydrogens is 378 g/mol. The Morgan fingerprint density at radius 3 is 2.50 bits per heavy atom. The third-order valence-electron chi connectivity index (χ3n) is 5.68. The lowest BCUT2D eigenvalue weighted by molar-refractivity contribution is -0.134. The minimum atomic E-state index is -0.541. The van der Waals surface area contributed by atoms with Gasteiger partial charge in [0.15, 0.2) is 5.76 Å². The van der Waals surface area contributed by atoms with Gasteiger partial charge < -0.3 is 18.7 Å². The summed E-state index contributed by atoms with van der Waals surface area (Å²) < 4.78 is 10.8. The first-order valence-electron chi connectivity index (χ1n) is 9.47. The summed E-state index contributed by atoms with van der Waals surface area (Å²) >= 11 is 6.32. The smallest absolute Gasteiger partial charge is 0.235 e. The van der Waals surface area contributed by atoms with Gasteiger partial charge in [0.05, 0.1) is 28.1 Å². The third kappa shape index (κ3) is 2.88. The molecule has 3 heterocycles. The number of amides is 1. The summed E-state index contributed by atoms with van der Waals surface area (Å²) in [6, 6.07) is 13.3. The lowest BCUT2D eigenvalue weighted by Gasteiger charge is -2.37. The Kier molecular flexibility index (Phi) is 4.16. The van der Waals surface area contributed by atoms with Crippen LogP contribution in [0.3, 0.4) is 0 Å². The molecule has 28 heavy (non-hydrogen) atoms. The number of aromatic nitrogens is 1. The van der Waals surface area contributed by atoms with Gasteiger partial charge in [-0.15, -0.1) is 0 Å². The van der Waals surface area contributed by atoms with E-state index in [1.807, 2.05) is 41.3 Å². The summed E-state index contributed by atoms with van der Waals surface area (Å²) in [7, 11) is 0. The van der Waals surface area contributed by atoms with Gasteiger partial charge in [-0.3, -0.25) is 4.79 Å². The number of furan rings is 1. The minimum Gasteiger partial charge on any atom is -0.461 e. The standard InChI is InChI=1S/C21H20ClN3O3/c22-15-4-1-2-5-16(15)24-9-11-25(12-10-24)20(26)21(7-8-21)19-14-18(28-23-19)17-6-3-13-27-17/h1-6,13-14H,7-12H2. The number of piperazine rings is 1. The van der Waals surface area contributed by atoms with E-state index in [2.05, 4.69) is 10.1 Å². The molecule has 1 aliphatic heterocycles. The van der Waals surface area contributed by atoms with Crippen molar-refractivity contribution in [3.63, 3.8) is 0 Å². The second kappa shape index (κ2) is 6.71. The number of hydrogen-bond acceptors (Lipinski definition) is 5. The summed E-state index contributed by atoms with van der Waals surface area (Å²) in [5.74, 6) is 1.32. The van der Waals surface area contributed by atoms with Crippen LogP contribution in [0.25, 0.3) is 11.5 Å². The predicted octanol–water partition coefficient (Wildman–Crippen LogP) is 3.97. The van der Waals surface area contributed by atoms with Crippen LogP contribution in [-0.2, 0) is 10.2 Å². The molecule has 2 fully saturated rings. The van der Waals surface area contributed by atoms with E-state index in [0.29, 0.717) is 30.3 Å². The second-order valence-corrected chi connectivity index (χ2v) is 7.77. The fraction of sp³-hybridized carbons (Fsp3) is 0.333. The van der Waals surface area contributed by atoms with Gasteiger partial charge in [-0.05, 0) is 37.1 Å². The lowest BCUT2D eigenvalue weighted by Crippen LogP contribution is -2.51. The number of para-hydroxylation sites is 1. The first-order valence-corrected chi connectivity index (χ1v) is 9.85. The van der Waals surface area contributed by atoms with E-state index in [1.165, 1.54) is 0 Å². The van der Waals surface area contributed by atoms with E-state index in [0.717, 1.165) is 36.6 Å². The van der Waals surface area contributed by atoms with Crippen molar-refractivity contribution in [2.45, 2.75) is 18.3 Å². The van der Waals surface area contributed by atoms with Crippen LogP contribution in [0.2, 0.25) is 5.02 Å². The van der Waals surface area contributed by atoms with Crippen LogP contribution in [-0.4, -0.2) is 42.1 Å². The molecule has 0 atom stereocenters. The van der Waals surface area contributed by atoms with Gasteiger partial charge in [-0.2, -0.15) is 0 Å². The Hall–Kier alpha value is -2.73. The molecule has 1 aromatic carbocycles. The van der Waals surface area contributed by atoms with Gasteiger partial charge >= 0.3 is 0 Å². The van der Waals surface area contributed by atoms with E-state index in [4.69, 9.17) is 20.5 Å². The van der Waals surface area contributed by atoms with Crippen molar-refractivity contribution in [3.8, 4) is 11.5 Å². The number of carbonyl (C=O) groups is 1. The molecular formula is C21H20ClN3O3. The van der Waals surface area contributed by atoms with Crippen LogP contribution in [0.5, 0.6) is 0 Å².